The molecule has 0 spiro atoms. The molecule has 4 rings (SSSR count). The lowest BCUT2D eigenvalue weighted by atomic mass is 9.34. The number of hydrogen-bond donors (Lipinski definition) is 0. The van der Waals surface area contributed by atoms with Crippen molar-refractivity contribution in [1.82, 2.24) is 9.97 Å². The first kappa shape index (κ1) is 22.1. The summed E-state index contributed by atoms with van der Waals surface area (Å²) in [5, 5.41) is 2.16. The number of rotatable bonds is 4. The second-order valence-corrected chi connectivity index (χ2v) is 11.7. The van der Waals surface area contributed by atoms with E-state index in [1.807, 2.05) is 6.20 Å². The van der Waals surface area contributed by atoms with Crippen molar-refractivity contribution in [2.45, 2.75) is 15.3 Å². The topological polar surface area (TPSA) is 38.9 Å². The van der Waals surface area contributed by atoms with Gasteiger partial charge in [0.15, 0.2) is 0 Å². The highest BCUT2D eigenvalue weighted by atomic mass is 16.3. The van der Waals surface area contributed by atoms with Gasteiger partial charge in [0.1, 0.15) is 5.58 Å². The lowest BCUT2D eigenvalue weighted by Crippen LogP contribution is -2.36. The largest absolute Gasteiger partial charge is 0.437 e. The molecule has 4 aromatic rings. The zero-order chi connectivity index (χ0) is 22.8. The number of pyridine rings is 2. The minimum Gasteiger partial charge on any atom is -0.437 e. The van der Waals surface area contributed by atoms with E-state index in [0.29, 0.717) is 5.71 Å². The summed E-state index contributed by atoms with van der Waals surface area (Å²) in [7, 11) is 20.0. The lowest BCUT2D eigenvalue weighted by Gasteiger charge is -2.30. The summed E-state index contributed by atoms with van der Waals surface area (Å²) in [5.41, 5.74) is 7.15. The predicted molar refractivity (Wildman–Crippen MR) is 157 cm³/mol. The van der Waals surface area contributed by atoms with Crippen LogP contribution < -0.4 is 0 Å². The molecule has 0 radical (unpaired) electrons. The molecule has 0 aliphatic carbocycles. The number of nitrogens with zero attached hydrogens (tertiary/aromatic N) is 2. The van der Waals surface area contributed by atoms with Gasteiger partial charge < -0.3 is 4.42 Å². The first-order valence-corrected chi connectivity index (χ1v) is 11.1. The third-order valence-electron chi connectivity index (χ3n) is 5.93. The molecular weight excluding hydrogens is 370 g/mol. The Hall–Kier alpha value is -2.10. The number of hydrogen-bond acceptors (Lipinski definition) is 3. The first-order valence-electron chi connectivity index (χ1n) is 11.1. The maximum Gasteiger partial charge on any atom is 0.227 e. The fourth-order valence-electron chi connectivity index (χ4n) is 4.12. The average molecular weight is 395 g/mol. The van der Waals surface area contributed by atoms with Gasteiger partial charge in [-0.15, -0.1) is 0 Å². The fraction of sp³-hybridized carbons (Fsp3) is 0.158. The minimum absolute atomic E-state index is 0.0191. The van der Waals surface area contributed by atoms with E-state index in [-0.39, 0.29) is 15.3 Å². The summed E-state index contributed by atoms with van der Waals surface area (Å²) in [6.07, 6.45) is 2.05. The van der Waals surface area contributed by atoms with E-state index in [2.05, 4.69) is 107 Å². The number of benzene rings is 1. The Morgan fingerprint density at radius 3 is 2.00 bits per heavy atom. The molecule has 0 amide bonds. The Labute approximate surface area is 193 Å². The molecule has 0 fully saturated rings. The third kappa shape index (κ3) is 4.06. The van der Waals surface area contributed by atoms with Gasteiger partial charge in [0.2, 0.25) is 5.71 Å². The van der Waals surface area contributed by atoms with Crippen molar-refractivity contribution in [3.05, 3.63) is 59.4 Å². The van der Waals surface area contributed by atoms with Crippen molar-refractivity contribution in [3.63, 3.8) is 0 Å². The smallest absolute Gasteiger partial charge is 0.227 e. The normalized spacial score (nSPS) is 13.0. The Morgan fingerprint density at radius 2 is 1.39 bits per heavy atom. The summed E-state index contributed by atoms with van der Waals surface area (Å²) in [6, 6.07) is 12.8. The van der Waals surface area contributed by atoms with E-state index < -0.39 is 0 Å². The SMILES string of the molecule is BC(B)(B)c1ccc2c(n1)oc1c(-c3cc(C(B)(B)B)c(C(B)(B)B)cn3)cccc12. The summed E-state index contributed by atoms with van der Waals surface area (Å²) >= 11 is 0. The second kappa shape index (κ2) is 7.22. The van der Waals surface area contributed by atoms with Gasteiger partial charge in [-0.3, -0.25) is 4.98 Å². The molecule has 31 heavy (non-hydrogen) atoms. The molecule has 0 unspecified atom stereocenters. The van der Waals surface area contributed by atoms with Crippen molar-refractivity contribution in [2.24, 2.45) is 0 Å². The maximum absolute atomic E-state index is 6.35. The predicted octanol–water partition coefficient (Wildman–Crippen LogP) is -4.93. The van der Waals surface area contributed by atoms with Crippen molar-refractivity contribution in [2.75, 3.05) is 0 Å². The molecular formula is C19H25B9N2O. The van der Waals surface area contributed by atoms with Gasteiger partial charge in [0, 0.05) is 28.2 Å². The van der Waals surface area contributed by atoms with Gasteiger partial charge in [-0.1, -0.05) is 33.0 Å². The Kier molecular flexibility index (Phi) is 5.15. The molecule has 1 aromatic carbocycles. The van der Waals surface area contributed by atoms with Gasteiger partial charge in [0.25, 0.3) is 0 Å². The molecule has 0 saturated carbocycles. The standard InChI is InChI=1S/C19H25B9N2O/c20-17(21,22)11-6-13(29-7-12(11)18(23,24)25)10-3-1-2-8-9-4-5-14(19(26,27)28)30-16(9)31-15(8)10/h1-7H,20-28H2. The summed E-state index contributed by atoms with van der Waals surface area (Å²) < 4.78 is 6.35. The number of para-hydroxylation sites is 1. The molecule has 0 N–H and O–H groups in total. The van der Waals surface area contributed by atoms with E-state index in [0.717, 1.165) is 33.3 Å². The maximum atomic E-state index is 6.35. The van der Waals surface area contributed by atoms with E-state index >= 15 is 0 Å². The minimum atomic E-state index is -0.0258. The highest BCUT2D eigenvalue weighted by molar-refractivity contribution is 6.61. The van der Waals surface area contributed by atoms with Crippen molar-refractivity contribution in [3.8, 4) is 11.3 Å². The van der Waals surface area contributed by atoms with Gasteiger partial charge in [-0.2, -0.15) is 0 Å². The van der Waals surface area contributed by atoms with Crippen molar-refractivity contribution < 1.29 is 4.42 Å². The number of fused-ring (bicyclic) bond motifs is 3. The third-order valence-corrected chi connectivity index (χ3v) is 5.93. The lowest BCUT2D eigenvalue weighted by molar-refractivity contribution is 0.652. The molecule has 12 heteroatoms. The van der Waals surface area contributed by atoms with Crippen molar-refractivity contribution in [1.29, 1.82) is 0 Å². The summed E-state index contributed by atoms with van der Waals surface area (Å²) in [4.78, 5) is 9.72. The zero-order valence-corrected chi connectivity index (χ0v) is 20.3. The highest BCUT2D eigenvalue weighted by Gasteiger charge is 2.27. The molecule has 3 aromatic heterocycles. The summed E-state index contributed by atoms with van der Waals surface area (Å²) in [6.45, 7) is 0. The molecule has 0 atom stereocenters. The van der Waals surface area contributed by atoms with E-state index in [9.17, 15) is 0 Å². The van der Waals surface area contributed by atoms with Crippen LogP contribution in [0.4, 0.5) is 0 Å². The van der Waals surface area contributed by atoms with Crippen LogP contribution in [0.2, 0.25) is 0 Å². The van der Waals surface area contributed by atoms with E-state index in [4.69, 9.17) is 14.4 Å². The van der Waals surface area contributed by atoms with Gasteiger partial charge in [-0.25, -0.2) is 4.98 Å². The van der Waals surface area contributed by atoms with E-state index in [1.54, 1.807) is 0 Å². The second-order valence-electron chi connectivity index (χ2n) is 11.7. The highest BCUT2D eigenvalue weighted by Crippen LogP contribution is 2.36. The quantitative estimate of drug-likeness (QED) is 0.326. The van der Waals surface area contributed by atoms with Gasteiger partial charge in [0.05, 0.1) is 76.3 Å². The van der Waals surface area contributed by atoms with Crippen LogP contribution in [0, 0.1) is 0 Å². The number of aromatic nitrogens is 2. The monoisotopic (exact) mass is 396 g/mol. The molecule has 0 bridgehead atoms. The summed E-state index contributed by atoms with van der Waals surface area (Å²) in [5.74, 6) is 0. The van der Waals surface area contributed by atoms with Crippen LogP contribution in [0.1, 0.15) is 16.8 Å². The Morgan fingerprint density at radius 1 is 0.710 bits per heavy atom. The van der Waals surface area contributed by atoms with Crippen LogP contribution in [-0.4, -0.2) is 80.6 Å². The Balaban J connectivity index is 1.96. The zero-order valence-electron chi connectivity index (χ0n) is 20.3. The van der Waals surface area contributed by atoms with Crippen LogP contribution in [-0.2, 0) is 15.3 Å². The first-order chi connectivity index (χ1) is 14.3. The van der Waals surface area contributed by atoms with Gasteiger partial charge >= 0.3 is 0 Å². The van der Waals surface area contributed by atoms with E-state index in [1.165, 1.54) is 11.1 Å². The number of furan rings is 1. The van der Waals surface area contributed by atoms with Crippen LogP contribution in [0.25, 0.3) is 33.3 Å². The van der Waals surface area contributed by atoms with Crippen LogP contribution >= 0.6 is 0 Å². The average Bonchev–Trinajstić information content (AvgIpc) is 3.03. The molecule has 0 aliphatic rings. The van der Waals surface area contributed by atoms with Gasteiger partial charge in [-0.05, 0) is 29.8 Å². The van der Waals surface area contributed by atoms with Crippen LogP contribution in [0.15, 0.2) is 47.0 Å². The molecule has 3 heterocycles. The van der Waals surface area contributed by atoms with Crippen LogP contribution in [0.3, 0.4) is 0 Å². The molecule has 3 nitrogen and oxygen atoms in total. The van der Waals surface area contributed by atoms with Crippen LogP contribution in [0.5, 0.6) is 0 Å². The molecule has 144 valence electrons. The fourth-order valence-corrected chi connectivity index (χ4v) is 4.12. The molecule has 0 saturated heterocycles. The van der Waals surface area contributed by atoms with Crippen molar-refractivity contribution >= 4 is 92.7 Å². The molecule has 0 aliphatic heterocycles. The Bertz CT molecular complexity index is 1300.